The monoisotopic (exact) mass is 344 g/mol. The average Bonchev–Trinajstić information content (AvgIpc) is 2.80. The molecule has 0 radical (unpaired) electrons. The Hall–Kier alpha value is -2.72. The number of nitrogens with two attached hydrogens (primary N) is 2. The molecule has 0 aliphatic rings. The number of nitrogens with one attached hydrogen (secondary N) is 2. The van der Waals surface area contributed by atoms with Crippen molar-refractivity contribution >= 4 is 35.3 Å². The van der Waals surface area contributed by atoms with E-state index in [0.717, 1.165) is 0 Å². The molecule has 0 amide bonds. The first-order chi connectivity index (χ1) is 10.4. The van der Waals surface area contributed by atoms with Crippen molar-refractivity contribution in [3.05, 3.63) is 34.0 Å². The molecule has 0 fully saturated rings. The van der Waals surface area contributed by atoms with E-state index in [1.54, 1.807) is 0 Å². The number of halogens is 1. The lowest BCUT2D eigenvalue weighted by atomic mass is 10.1. The van der Waals surface area contributed by atoms with Crippen molar-refractivity contribution in [3.8, 4) is 5.75 Å². The first-order valence-corrected chi connectivity index (χ1v) is 6.38. The van der Waals surface area contributed by atoms with Gasteiger partial charge in [0.1, 0.15) is 5.75 Å². The Morgan fingerprint density at radius 1 is 1.43 bits per heavy atom. The summed E-state index contributed by atoms with van der Waals surface area (Å²) in [6.45, 7) is -0.175. The number of H-pyrrole nitrogens is 1. The minimum Gasteiger partial charge on any atom is -0.506 e. The highest BCUT2D eigenvalue weighted by Gasteiger charge is 2.20. The molecule has 0 saturated carbocycles. The van der Waals surface area contributed by atoms with Crippen LogP contribution in [0, 0.1) is 10.1 Å². The number of nitro groups is 1. The number of phenols is 1. The van der Waals surface area contributed by atoms with Gasteiger partial charge < -0.3 is 27.0 Å². The lowest BCUT2D eigenvalue weighted by Gasteiger charge is -2.19. The maximum Gasteiger partial charge on any atom is 0.271 e. The first-order valence-electron chi connectivity index (χ1n) is 6.38. The molecule has 126 valence electrons. The Morgan fingerprint density at radius 3 is 2.65 bits per heavy atom. The van der Waals surface area contributed by atoms with Crippen LogP contribution >= 0.6 is 12.4 Å². The van der Waals surface area contributed by atoms with E-state index >= 15 is 0 Å². The van der Waals surface area contributed by atoms with Crippen LogP contribution in [0.4, 0.5) is 22.9 Å². The number of aromatic amines is 1. The predicted octanol–water partition coefficient (Wildman–Crippen LogP) is 1.15. The quantitative estimate of drug-likeness (QED) is 0.256. The zero-order chi connectivity index (χ0) is 16.3. The van der Waals surface area contributed by atoms with Crippen molar-refractivity contribution in [3.63, 3.8) is 0 Å². The Bertz CT molecular complexity index is 692. The molecule has 23 heavy (non-hydrogen) atoms. The number of aliphatic hydroxyl groups excluding tert-OH is 1. The Morgan fingerprint density at radius 2 is 2.13 bits per heavy atom. The number of phenolic OH excluding ortho intramolecular Hbond substituents is 1. The van der Waals surface area contributed by atoms with Gasteiger partial charge in [-0.1, -0.05) is 0 Å². The first kappa shape index (κ1) is 18.3. The second kappa shape index (κ2) is 7.51. The SMILES string of the molecule is Cl.Nc1n[nH]c(C(CCO)Nc2cc([N+](=O)[O-])ccc2O)c1N. The van der Waals surface area contributed by atoms with E-state index in [1.165, 1.54) is 18.2 Å². The van der Waals surface area contributed by atoms with Gasteiger partial charge in [0.2, 0.25) is 0 Å². The van der Waals surface area contributed by atoms with Crippen LogP contribution in [-0.2, 0) is 0 Å². The van der Waals surface area contributed by atoms with E-state index < -0.39 is 11.0 Å². The molecular formula is C12H17ClN6O4. The number of nitrogens with zero attached hydrogens (tertiary/aromatic N) is 2. The molecule has 2 aromatic rings. The van der Waals surface area contributed by atoms with Gasteiger partial charge in [0, 0.05) is 18.7 Å². The summed E-state index contributed by atoms with van der Waals surface area (Å²) in [5.41, 5.74) is 12.0. The molecular weight excluding hydrogens is 328 g/mol. The third-order valence-electron chi connectivity index (χ3n) is 3.15. The molecule has 0 bridgehead atoms. The van der Waals surface area contributed by atoms with Gasteiger partial charge in [-0.05, 0) is 12.5 Å². The number of rotatable bonds is 6. The Balaban J connectivity index is 0.00000264. The van der Waals surface area contributed by atoms with Gasteiger partial charge in [0.05, 0.1) is 28.0 Å². The zero-order valence-electron chi connectivity index (χ0n) is 11.9. The standard InChI is InChI=1S/C12H16N6O4.ClH/c13-10-11(16-17-12(10)14)7(3-4-19)15-8-5-6(18(21)22)1-2-9(8)20;/h1-2,5,7,15,19-20H,3-4,13H2,(H3,14,16,17);1H. The van der Waals surface area contributed by atoms with Crippen LogP contribution in [0.15, 0.2) is 18.2 Å². The molecule has 1 aromatic heterocycles. The molecule has 11 heteroatoms. The van der Waals surface area contributed by atoms with E-state index in [4.69, 9.17) is 16.6 Å². The van der Waals surface area contributed by atoms with E-state index in [-0.39, 0.29) is 54.1 Å². The van der Waals surface area contributed by atoms with Gasteiger partial charge in [0.25, 0.3) is 5.69 Å². The fourth-order valence-electron chi connectivity index (χ4n) is 2.00. The molecule has 1 atom stereocenters. The number of benzene rings is 1. The van der Waals surface area contributed by atoms with Crippen molar-refractivity contribution in [2.75, 3.05) is 23.4 Å². The minimum atomic E-state index is -0.575. The number of non-ortho nitro benzene ring substituents is 1. The van der Waals surface area contributed by atoms with E-state index in [1.807, 2.05) is 0 Å². The summed E-state index contributed by atoms with van der Waals surface area (Å²) in [5, 5.41) is 39.1. The predicted molar refractivity (Wildman–Crippen MR) is 87.5 cm³/mol. The number of aliphatic hydroxyl groups is 1. The highest BCUT2D eigenvalue weighted by molar-refractivity contribution is 5.85. The number of hydrogen-bond acceptors (Lipinski definition) is 8. The molecule has 1 aromatic carbocycles. The third kappa shape index (κ3) is 3.93. The van der Waals surface area contributed by atoms with Gasteiger partial charge in [-0.25, -0.2) is 0 Å². The Kier molecular flexibility index (Phi) is 5.99. The van der Waals surface area contributed by atoms with Crippen molar-refractivity contribution < 1.29 is 15.1 Å². The largest absolute Gasteiger partial charge is 0.506 e. The minimum absolute atomic E-state index is 0. The molecule has 8 N–H and O–H groups in total. The number of anilines is 3. The summed E-state index contributed by atoms with van der Waals surface area (Å²) < 4.78 is 0. The lowest BCUT2D eigenvalue weighted by Crippen LogP contribution is -2.15. The summed E-state index contributed by atoms with van der Waals surface area (Å²) in [6, 6.07) is 3.03. The highest BCUT2D eigenvalue weighted by atomic mass is 35.5. The summed E-state index contributed by atoms with van der Waals surface area (Å²) >= 11 is 0. The highest BCUT2D eigenvalue weighted by Crippen LogP contribution is 2.33. The average molecular weight is 345 g/mol. The van der Waals surface area contributed by atoms with Crippen molar-refractivity contribution in [1.82, 2.24) is 10.2 Å². The summed E-state index contributed by atoms with van der Waals surface area (Å²) in [4.78, 5) is 10.2. The lowest BCUT2D eigenvalue weighted by molar-refractivity contribution is -0.384. The van der Waals surface area contributed by atoms with Crippen LogP contribution in [0.5, 0.6) is 5.75 Å². The molecule has 10 nitrogen and oxygen atoms in total. The number of aromatic nitrogens is 2. The maximum absolute atomic E-state index is 10.8. The normalized spacial score (nSPS) is 11.5. The molecule has 0 spiro atoms. The van der Waals surface area contributed by atoms with E-state index in [0.29, 0.717) is 5.69 Å². The van der Waals surface area contributed by atoms with E-state index in [9.17, 15) is 15.2 Å². The molecule has 0 aliphatic heterocycles. The fourth-order valence-corrected chi connectivity index (χ4v) is 2.00. The topological polar surface area (TPSA) is 176 Å². The Labute approximate surface area is 137 Å². The second-order valence-electron chi connectivity index (χ2n) is 4.60. The number of aromatic hydroxyl groups is 1. The third-order valence-corrected chi connectivity index (χ3v) is 3.15. The van der Waals surface area contributed by atoms with Crippen LogP contribution in [0.1, 0.15) is 18.2 Å². The van der Waals surface area contributed by atoms with Gasteiger partial charge in [-0.15, -0.1) is 12.4 Å². The molecule has 0 aliphatic carbocycles. The molecule has 2 rings (SSSR count). The molecule has 0 saturated heterocycles. The van der Waals surface area contributed by atoms with Crippen LogP contribution in [0.25, 0.3) is 0 Å². The maximum atomic E-state index is 10.8. The van der Waals surface area contributed by atoms with E-state index in [2.05, 4.69) is 15.5 Å². The zero-order valence-corrected chi connectivity index (χ0v) is 12.7. The van der Waals surface area contributed by atoms with Gasteiger partial charge >= 0.3 is 0 Å². The van der Waals surface area contributed by atoms with Crippen molar-refractivity contribution in [2.24, 2.45) is 0 Å². The summed E-state index contributed by atoms with van der Waals surface area (Å²) in [6.07, 6.45) is 0.230. The smallest absolute Gasteiger partial charge is 0.271 e. The van der Waals surface area contributed by atoms with Crippen LogP contribution in [0.2, 0.25) is 0 Å². The van der Waals surface area contributed by atoms with Gasteiger partial charge in [0.15, 0.2) is 5.82 Å². The van der Waals surface area contributed by atoms with Crippen LogP contribution in [0.3, 0.4) is 0 Å². The van der Waals surface area contributed by atoms with Gasteiger partial charge in [-0.3, -0.25) is 15.2 Å². The van der Waals surface area contributed by atoms with Crippen molar-refractivity contribution in [2.45, 2.75) is 12.5 Å². The van der Waals surface area contributed by atoms with Crippen LogP contribution in [-0.4, -0.2) is 31.9 Å². The molecule has 1 unspecified atom stereocenters. The summed E-state index contributed by atoms with van der Waals surface area (Å²) in [5.74, 6) is -0.0531. The summed E-state index contributed by atoms with van der Waals surface area (Å²) in [7, 11) is 0. The van der Waals surface area contributed by atoms with Gasteiger partial charge in [-0.2, -0.15) is 5.10 Å². The number of hydrogen-bond donors (Lipinski definition) is 6. The second-order valence-corrected chi connectivity index (χ2v) is 4.60. The molecule has 1 heterocycles. The number of nitro benzene ring substituents is 1. The van der Waals surface area contributed by atoms with Crippen molar-refractivity contribution in [1.29, 1.82) is 0 Å². The van der Waals surface area contributed by atoms with Crippen LogP contribution < -0.4 is 16.8 Å². The number of nitrogen functional groups attached to an aromatic ring is 2. The fraction of sp³-hybridized carbons (Fsp3) is 0.250.